The van der Waals surface area contributed by atoms with Gasteiger partial charge in [-0.1, -0.05) is 70.8 Å². The molecule has 3 nitrogen and oxygen atoms in total. The summed E-state index contributed by atoms with van der Waals surface area (Å²) < 4.78 is 32.1. The lowest BCUT2D eigenvalue weighted by Crippen LogP contribution is -2.26. The molecule has 0 heterocycles. The summed E-state index contributed by atoms with van der Waals surface area (Å²) in [6.45, 7) is 4.32. The second kappa shape index (κ2) is 11.8. The number of hydrogen-bond acceptors (Lipinski definition) is 2. The highest BCUT2D eigenvalue weighted by atomic mass is 32.2. The molecule has 176 valence electrons. The first-order valence-corrected chi connectivity index (χ1v) is 14.4. The van der Waals surface area contributed by atoms with Crippen LogP contribution in [0, 0.1) is 30.6 Å². The third-order valence-corrected chi connectivity index (χ3v) is 9.19. The molecule has 1 N–H and O–H groups in total. The Bertz CT molecular complexity index is 770. The van der Waals surface area contributed by atoms with Gasteiger partial charge >= 0.3 is 0 Å². The van der Waals surface area contributed by atoms with Crippen molar-refractivity contribution in [2.45, 2.75) is 115 Å². The van der Waals surface area contributed by atoms with Gasteiger partial charge in [-0.05, 0) is 92.4 Å². The molecule has 0 aromatic heterocycles. The average Bonchev–Trinajstić information content (AvgIpc) is 2.75. The predicted molar refractivity (Wildman–Crippen MR) is 129 cm³/mol. The lowest BCUT2D eigenvalue weighted by molar-refractivity contribution is 0.140. The van der Waals surface area contributed by atoms with E-state index < -0.39 is 10.1 Å². The summed E-state index contributed by atoms with van der Waals surface area (Å²) in [5, 5.41) is 0. The van der Waals surface area contributed by atoms with E-state index in [1.807, 2.05) is 13.0 Å². The van der Waals surface area contributed by atoms with Crippen molar-refractivity contribution in [2.75, 3.05) is 0 Å². The largest absolute Gasteiger partial charge is 0.294 e. The molecule has 0 radical (unpaired) electrons. The first-order valence-electron chi connectivity index (χ1n) is 12.9. The van der Waals surface area contributed by atoms with E-state index in [1.54, 1.807) is 6.07 Å². The van der Waals surface area contributed by atoms with Crippen LogP contribution in [0.5, 0.6) is 0 Å². The Morgan fingerprint density at radius 1 is 0.839 bits per heavy atom. The van der Waals surface area contributed by atoms with Gasteiger partial charge in [0.1, 0.15) is 0 Å². The maximum absolute atomic E-state index is 11.4. The van der Waals surface area contributed by atoms with E-state index in [2.05, 4.69) is 6.92 Å². The Morgan fingerprint density at radius 2 is 1.39 bits per heavy atom. The summed E-state index contributed by atoms with van der Waals surface area (Å²) in [5.74, 6) is 3.82. The maximum Gasteiger partial charge on any atom is 0.294 e. The van der Waals surface area contributed by atoms with Gasteiger partial charge in [-0.3, -0.25) is 4.55 Å². The van der Waals surface area contributed by atoms with Crippen LogP contribution in [0.25, 0.3) is 0 Å². The monoisotopic (exact) mass is 448 g/mol. The van der Waals surface area contributed by atoms with Crippen molar-refractivity contribution in [3.05, 3.63) is 29.3 Å². The Labute approximate surface area is 191 Å². The first-order chi connectivity index (χ1) is 14.9. The third kappa shape index (κ3) is 7.60. The van der Waals surface area contributed by atoms with Crippen LogP contribution in [-0.4, -0.2) is 13.0 Å². The van der Waals surface area contributed by atoms with Gasteiger partial charge in [0.2, 0.25) is 0 Å². The molecule has 1 aromatic rings. The number of benzene rings is 1. The van der Waals surface area contributed by atoms with Gasteiger partial charge in [0.05, 0.1) is 4.90 Å². The summed E-state index contributed by atoms with van der Waals surface area (Å²) in [4.78, 5) is 0.0219. The third-order valence-electron chi connectivity index (χ3n) is 8.34. The minimum Gasteiger partial charge on any atom is -0.282 e. The summed E-state index contributed by atoms with van der Waals surface area (Å²) >= 11 is 0. The smallest absolute Gasteiger partial charge is 0.282 e. The van der Waals surface area contributed by atoms with Gasteiger partial charge in [0.25, 0.3) is 10.1 Å². The molecule has 0 atom stereocenters. The van der Waals surface area contributed by atoms with Crippen molar-refractivity contribution in [3.63, 3.8) is 0 Å². The average molecular weight is 449 g/mol. The standard InChI is InChI=1S/C27H44O3S/c1-3-4-5-7-22-11-15-24(16-12-22)25-17-13-23(14-18-25)8-6-9-26-20-27(31(28,29)30)19-10-21(26)2/h10,19-20,22-25H,3-9,11-18H2,1-2H3,(H,28,29,30). The van der Waals surface area contributed by atoms with Gasteiger partial charge in [0, 0.05) is 0 Å². The van der Waals surface area contributed by atoms with Gasteiger partial charge < -0.3 is 0 Å². The molecule has 3 rings (SSSR count). The molecular formula is C27H44O3S. The molecule has 4 heteroatoms. The van der Waals surface area contributed by atoms with Crippen LogP contribution in [0.2, 0.25) is 0 Å². The van der Waals surface area contributed by atoms with Crippen LogP contribution in [0.1, 0.15) is 108 Å². The van der Waals surface area contributed by atoms with E-state index in [0.29, 0.717) is 0 Å². The van der Waals surface area contributed by atoms with Crippen LogP contribution >= 0.6 is 0 Å². The lowest BCUT2D eigenvalue weighted by Gasteiger charge is -2.38. The van der Waals surface area contributed by atoms with Gasteiger partial charge in [-0.15, -0.1) is 0 Å². The lowest BCUT2D eigenvalue weighted by atomic mass is 9.68. The summed E-state index contributed by atoms with van der Waals surface area (Å²) in [5.41, 5.74) is 2.17. The molecule has 0 amide bonds. The van der Waals surface area contributed by atoms with Crippen molar-refractivity contribution < 1.29 is 13.0 Å². The molecule has 2 aliphatic carbocycles. The van der Waals surface area contributed by atoms with Gasteiger partial charge in [-0.2, -0.15) is 8.42 Å². The molecule has 0 unspecified atom stereocenters. The van der Waals surface area contributed by atoms with E-state index in [9.17, 15) is 13.0 Å². The molecule has 2 fully saturated rings. The number of rotatable bonds is 10. The number of hydrogen-bond donors (Lipinski definition) is 1. The zero-order valence-electron chi connectivity index (χ0n) is 19.8. The molecule has 31 heavy (non-hydrogen) atoms. The molecule has 0 aliphatic heterocycles. The van der Waals surface area contributed by atoms with E-state index in [0.717, 1.165) is 47.6 Å². The summed E-state index contributed by atoms with van der Waals surface area (Å²) in [7, 11) is -4.11. The highest BCUT2D eigenvalue weighted by Gasteiger charge is 2.30. The van der Waals surface area contributed by atoms with Crippen LogP contribution < -0.4 is 0 Å². The molecule has 2 aliphatic rings. The molecule has 0 saturated heterocycles. The van der Waals surface area contributed by atoms with E-state index >= 15 is 0 Å². The van der Waals surface area contributed by atoms with Crippen molar-refractivity contribution in [1.29, 1.82) is 0 Å². The predicted octanol–water partition coefficient (Wildman–Crippen LogP) is 7.76. The first kappa shape index (κ1) is 24.8. The molecule has 0 bridgehead atoms. The maximum atomic E-state index is 11.4. The quantitative estimate of drug-likeness (QED) is 0.294. The highest BCUT2D eigenvalue weighted by Crippen LogP contribution is 2.43. The van der Waals surface area contributed by atoms with Crippen LogP contribution in [0.15, 0.2) is 23.1 Å². The Kier molecular flexibility index (Phi) is 9.46. The second-order valence-electron chi connectivity index (χ2n) is 10.5. The minimum absolute atomic E-state index is 0.0219. The zero-order chi connectivity index (χ0) is 22.3. The van der Waals surface area contributed by atoms with Crippen molar-refractivity contribution in [3.8, 4) is 0 Å². The Morgan fingerprint density at radius 3 is 1.90 bits per heavy atom. The molecule has 1 aromatic carbocycles. The van der Waals surface area contributed by atoms with Crippen molar-refractivity contribution in [2.24, 2.45) is 23.7 Å². The van der Waals surface area contributed by atoms with E-state index in [1.165, 1.54) is 89.5 Å². The van der Waals surface area contributed by atoms with E-state index in [4.69, 9.17) is 0 Å². The van der Waals surface area contributed by atoms with Crippen LogP contribution in [0.3, 0.4) is 0 Å². The number of aryl methyl sites for hydroxylation is 2. The van der Waals surface area contributed by atoms with Crippen molar-refractivity contribution in [1.82, 2.24) is 0 Å². The molecule has 0 spiro atoms. The Balaban J connectivity index is 1.36. The minimum atomic E-state index is -4.11. The summed E-state index contributed by atoms with van der Waals surface area (Å²) in [6.07, 6.45) is 20.5. The molecule has 2 saturated carbocycles. The SMILES string of the molecule is CCCCCC1CCC(C2CCC(CCCc3cc(S(=O)(=O)O)ccc3C)CC2)CC1. The van der Waals surface area contributed by atoms with E-state index in [-0.39, 0.29) is 4.90 Å². The fraction of sp³-hybridized carbons (Fsp3) is 0.778. The zero-order valence-corrected chi connectivity index (χ0v) is 20.6. The topological polar surface area (TPSA) is 54.4 Å². The fourth-order valence-corrected chi connectivity index (χ4v) is 6.77. The van der Waals surface area contributed by atoms with Gasteiger partial charge in [-0.25, -0.2) is 0 Å². The fourth-order valence-electron chi connectivity index (χ4n) is 6.24. The summed E-state index contributed by atoms with van der Waals surface area (Å²) in [6, 6.07) is 4.95. The second-order valence-corrected chi connectivity index (χ2v) is 11.9. The normalized spacial score (nSPS) is 27.3. The van der Waals surface area contributed by atoms with Crippen LogP contribution in [-0.2, 0) is 16.5 Å². The van der Waals surface area contributed by atoms with Crippen LogP contribution in [0.4, 0.5) is 0 Å². The number of unbranched alkanes of at least 4 members (excludes halogenated alkanes) is 2. The molecular weight excluding hydrogens is 404 g/mol. The highest BCUT2D eigenvalue weighted by molar-refractivity contribution is 7.85. The van der Waals surface area contributed by atoms with Crippen molar-refractivity contribution >= 4 is 10.1 Å². The Hall–Kier alpha value is -0.870. The van der Waals surface area contributed by atoms with Gasteiger partial charge in [0.15, 0.2) is 0 Å².